The molecule has 0 amide bonds. The van der Waals surface area contributed by atoms with Crippen LogP contribution < -0.4 is 0 Å². The summed E-state index contributed by atoms with van der Waals surface area (Å²) >= 11 is 0. The van der Waals surface area contributed by atoms with Crippen molar-refractivity contribution in [3.63, 3.8) is 0 Å². The van der Waals surface area contributed by atoms with Crippen LogP contribution in [0.1, 0.15) is 12.0 Å². The van der Waals surface area contributed by atoms with E-state index in [1.807, 2.05) is 30.3 Å². The van der Waals surface area contributed by atoms with Crippen molar-refractivity contribution in [2.75, 3.05) is 6.54 Å². The summed E-state index contributed by atoms with van der Waals surface area (Å²) in [5, 5.41) is 0. The lowest BCUT2D eigenvalue weighted by Crippen LogP contribution is -2.30. The summed E-state index contributed by atoms with van der Waals surface area (Å²) in [5.74, 6) is 0. The Labute approximate surface area is 110 Å². The van der Waals surface area contributed by atoms with Crippen LogP contribution in [0.15, 0.2) is 30.3 Å². The smallest absolute Gasteiger partial charge is 0.302 e. The van der Waals surface area contributed by atoms with Crippen molar-refractivity contribution in [1.29, 1.82) is 0 Å². The summed E-state index contributed by atoms with van der Waals surface area (Å²) in [4.78, 5) is 17.1. The lowest BCUT2D eigenvalue weighted by atomic mass is 10.1. The molecule has 0 atom stereocenters. The molecule has 0 fully saturated rings. The molecular weight excluding hydrogens is 297 g/mol. The summed E-state index contributed by atoms with van der Waals surface area (Å²) in [6.07, 6.45) is 0.696. The maximum Gasteiger partial charge on any atom is 0.487 e. The minimum Gasteiger partial charge on any atom is -0.302 e. The Kier molecular flexibility index (Phi) is 5.63. The van der Waals surface area contributed by atoms with Gasteiger partial charge >= 0.3 is 18.1 Å². The summed E-state index contributed by atoms with van der Waals surface area (Å²) in [6.45, 7) is -0.376. The van der Waals surface area contributed by atoms with Gasteiger partial charge in [0, 0.05) is 6.54 Å². The van der Waals surface area contributed by atoms with E-state index in [4.69, 9.17) is 14.3 Å². The highest BCUT2D eigenvalue weighted by Crippen LogP contribution is 2.37. The molecule has 0 aromatic heterocycles. The SMILES string of the molecule is O=P(O)(O)ON(CCCc1ccccc1)S(=O)(=O)O. The Morgan fingerprint density at radius 3 is 2.26 bits per heavy atom. The first-order valence-corrected chi connectivity index (χ1v) is 8.15. The minimum absolute atomic E-state index is 0.114. The van der Waals surface area contributed by atoms with E-state index in [1.54, 1.807) is 0 Å². The largest absolute Gasteiger partial charge is 0.487 e. The number of phosphoric acid groups is 1. The fourth-order valence-electron chi connectivity index (χ4n) is 1.37. The zero-order valence-corrected chi connectivity index (χ0v) is 11.5. The van der Waals surface area contributed by atoms with E-state index in [0.29, 0.717) is 6.42 Å². The summed E-state index contributed by atoms with van der Waals surface area (Å²) in [5.41, 5.74) is 0.925. The van der Waals surface area contributed by atoms with Gasteiger partial charge in [-0.3, -0.25) is 4.55 Å². The second kappa shape index (κ2) is 6.58. The Morgan fingerprint density at radius 2 is 1.79 bits per heavy atom. The molecule has 0 bridgehead atoms. The number of rotatable bonds is 7. The summed E-state index contributed by atoms with van der Waals surface area (Å²) in [7, 11) is -9.88. The normalized spacial score (nSPS) is 12.8. The molecule has 0 spiro atoms. The van der Waals surface area contributed by atoms with Gasteiger partial charge in [0.15, 0.2) is 0 Å². The van der Waals surface area contributed by atoms with Crippen LogP contribution in [-0.2, 0) is 25.9 Å². The molecule has 8 nitrogen and oxygen atoms in total. The summed E-state index contributed by atoms with van der Waals surface area (Å²) < 4.78 is 44.9. The van der Waals surface area contributed by atoms with Crippen molar-refractivity contribution in [2.24, 2.45) is 0 Å². The van der Waals surface area contributed by atoms with Crippen molar-refractivity contribution < 1.29 is 31.9 Å². The second-order valence-corrected chi connectivity index (χ2v) is 6.11. The third kappa shape index (κ3) is 6.79. The highest BCUT2D eigenvalue weighted by atomic mass is 32.2. The molecule has 0 aliphatic rings. The number of hydrogen-bond acceptors (Lipinski definition) is 4. The molecule has 0 saturated carbocycles. The third-order valence-corrected chi connectivity index (χ3v) is 3.40. The van der Waals surface area contributed by atoms with Gasteiger partial charge in [-0.1, -0.05) is 30.3 Å². The molecule has 0 aliphatic heterocycles. The van der Waals surface area contributed by atoms with Gasteiger partial charge in [-0.05, 0) is 22.9 Å². The molecule has 19 heavy (non-hydrogen) atoms. The lowest BCUT2D eigenvalue weighted by molar-refractivity contribution is -0.00762. The average molecular weight is 311 g/mol. The zero-order chi connectivity index (χ0) is 14.5. The second-order valence-electron chi connectivity index (χ2n) is 3.67. The van der Waals surface area contributed by atoms with Crippen molar-refractivity contribution in [3.8, 4) is 0 Å². The standard InChI is InChI=1S/C9H14NO7PS/c11-18(12,13)17-10(19(14,15)16)8-4-7-9-5-2-1-3-6-9/h1-3,5-6H,4,7-8H2,(H2,11,12,13)(H,14,15,16). The Balaban J connectivity index is 2.57. The van der Waals surface area contributed by atoms with Crippen LogP contribution in [0.2, 0.25) is 0 Å². The number of benzene rings is 1. The van der Waals surface area contributed by atoms with E-state index in [0.717, 1.165) is 5.56 Å². The van der Waals surface area contributed by atoms with Gasteiger partial charge in [0.1, 0.15) is 0 Å². The molecule has 0 heterocycles. The molecule has 10 heteroatoms. The van der Waals surface area contributed by atoms with E-state index in [1.165, 1.54) is 0 Å². The topological polar surface area (TPSA) is 124 Å². The molecule has 1 aromatic rings. The molecular formula is C9H14NO7PS. The van der Waals surface area contributed by atoms with E-state index in [9.17, 15) is 13.0 Å². The van der Waals surface area contributed by atoms with Crippen LogP contribution in [0, 0.1) is 0 Å². The van der Waals surface area contributed by atoms with Gasteiger partial charge in [0.05, 0.1) is 0 Å². The van der Waals surface area contributed by atoms with Crippen LogP contribution in [-0.4, -0.2) is 33.8 Å². The van der Waals surface area contributed by atoms with Crippen molar-refractivity contribution in [1.82, 2.24) is 4.47 Å². The van der Waals surface area contributed by atoms with Gasteiger partial charge < -0.3 is 9.79 Å². The monoisotopic (exact) mass is 311 g/mol. The molecule has 1 rings (SSSR count). The number of hydrogen-bond donors (Lipinski definition) is 3. The molecule has 1 aromatic carbocycles. The van der Waals surface area contributed by atoms with Crippen molar-refractivity contribution >= 4 is 18.1 Å². The van der Waals surface area contributed by atoms with Gasteiger partial charge in [0.25, 0.3) is 0 Å². The predicted molar refractivity (Wildman–Crippen MR) is 66.1 cm³/mol. The van der Waals surface area contributed by atoms with Crippen LogP contribution in [0.4, 0.5) is 0 Å². The Hall–Kier alpha value is -0.800. The molecule has 0 aliphatic carbocycles. The molecule has 0 radical (unpaired) electrons. The number of aryl methyl sites for hydroxylation is 1. The molecule has 0 unspecified atom stereocenters. The quantitative estimate of drug-likeness (QED) is 0.385. The Bertz CT molecular complexity index is 541. The third-order valence-electron chi connectivity index (χ3n) is 2.10. The molecule has 0 saturated heterocycles. The number of hydroxylamine groups is 1. The average Bonchev–Trinajstić information content (AvgIpc) is 2.26. The van der Waals surface area contributed by atoms with Crippen LogP contribution in [0.25, 0.3) is 0 Å². The van der Waals surface area contributed by atoms with E-state index in [2.05, 4.69) is 4.62 Å². The maximum atomic E-state index is 10.9. The van der Waals surface area contributed by atoms with E-state index >= 15 is 0 Å². The van der Waals surface area contributed by atoms with Crippen molar-refractivity contribution in [2.45, 2.75) is 12.8 Å². The van der Waals surface area contributed by atoms with E-state index < -0.39 is 18.1 Å². The van der Waals surface area contributed by atoms with Gasteiger partial charge in [-0.25, -0.2) is 4.57 Å². The number of nitrogens with zero attached hydrogens (tertiary/aromatic N) is 1. The van der Waals surface area contributed by atoms with Crippen LogP contribution >= 0.6 is 7.82 Å². The van der Waals surface area contributed by atoms with Crippen molar-refractivity contribution in [3.05, 3.63) is 35.9 Å². The molecule has 108 valence electrons. The first kappa shape index (κ1) is 16.3. The zero-order valence-electron chi connectivity index (χ0n) is 9.79. The highest BCUT2D eigenvalue weighted by Gasteiger charge is 2.28. The van der Waals surface area contributed by atoms with Gasteiger partial charge in [-0.2, -0.15) is 13.0 Å². The van der Waals surface area contributed by atoms with E-state index in [-0.39, 0.29) is 17.4 Å². The minimum atomic E-state index is -5.04. The van der Waals surface area contributed by atoms with Crippen LogP contribution in [0.3, 0.4) is 0 Å². The summed E-state index contributed by atoms with van der Waals surface area (Å²) in [6, 6.07) is 9.08. The fourth-order valence-corrected chi connectivity index (χ4v) is 2.65. The van der Waals surface area contributed by atoms with Gasteiger partial charge in [0.2, 0.25) is 0 Å². The fraction of sp³-hybridized carbons (Fsp3) is 0.333. The van der Waals surface area contributed by atoms with Gasteiger partial charge in [-0.15, -0.1) is 0 Å². The molecule has 3 N–H and O–H groups in total. The Morgan fingerprint density at radius 1 is 1.21 bits per heavy atom. The predicted octanol–water partition coefficient (Wildman–Crippen LogP) is 0.748. The maximum absolute atomic E-state index is 10.9. The lowest BCUT2D eigenvalue weighted by Gasteiger charge is -2.17. The highest BCUT2D eigenvalue weighted by molar-refractivity contribution is 7.83. The first-order chi connectivity index (χ1) is 8.68. The van der Waals surface area contributed by atoms with Crippen LogP contribution in [0.5, 0.6) is 0 Å². The first-order valence-electron chi connectivity index (χ1n) is 5.23.